The van der Waals surface area contributed by atoms with Crippen LogP contribution in [-0.2, 0) is 15.8 Å². The maximum atomic E-state index is 11.3. The number of carbonyl (C=O) groups is 1. The smallest absolute Gasteiger partial charge is 0.810 e. The molecule has 0 fully saturated rings. The number of ether oxygens (including phenoxy) is 1. The minimum atomic E-state index is -4.73. The maximum absolute atomic E-state index is 11.3. The van der Waals surface area contributed by atoms with Gasteiger partial charge in [-0.25, -0.2) is 0 Å². The first-order chi connectivity index (χ1) is 11.4. The summed E-state index contributed by atoms with van der Waals surface area (Å²) in [5.41, 5.74) is 1.11. The van der Waals surface area contributed by atoms with Crippen LogP contribution in [0.5, 0.6) is 11.5 Å². The maximum Gasteiger partial charge on any atom is 1.00 e. The molecule has 0 amide bonds. The topological polar surface area (TPSA) is 89.5 Å². The van der Waals surface area contributed by atoms with E-state index in [2.05, 4.69) is 0 Å². The first kappa shape index (κ1) is 27.3. The van der Waals surface area contributed by atoms with Crippen molar-refractivity contribution >= 4 is 13.4 Å². The average molecular weight is 425 g/mol. The second-order valence-corrected chi connectivity index (χ2v) is 7.11. The van der Waals surface area contributed by atoms with Crippen LogP contribution in [0.2, 0.25) is 0 Å². The molecule has 0 atom stereocenters. The van der Waals surface area contributed by atoms with Gasteiger partial charge in [0.2, 0.25) is 0 Å². The SMILES string of the molecule is O=C(CCCCc1ccc(Oc2ccccc2)cc1)CP(=O)([O-])[O-].[K+].[K+]. The Morgan fingerprint density at radius 1 is 0.885 bits per heavy atom. The molecule has 0 saturated carbocycles. The van der Waals surface area contributed by atoms with Gasteiger partial charge in [0.25, 0.3) is 0 Å². The van der Waals surface area contributed by atoms with Gasteiger partial charge in [0.15, 0.2) is 0 Å². The molecule has 8 heteroatoms. The number of Topliss-reactive ketones (excluding diaryl/α,β-unsaturated/α-hetero) is 1. The summed E-state index contributed by atoms with van der Waals surface area (Å²) in [6.45, 7) is 0. The average Bonchev–Trinajstić information content (AvgIpc) is 2.52. The van der Waals surface area contributed by atoms with Crippen LogP contribution in [0.3, 0.4) is 0 Å². The van der Waals surface area contributed by atoms with Crippen LogP contribution in [0.25, 0.3) is 0 Å². The zero-order valence-electron chi connectivity index (χ0n) is 15.2. The van der Waals surface area contributed by atoms with Crippen LogP contribution in [0.1, 0.15) is 24.8 Å². The van der Waals surface area contributed by atoms with Crippen molar-refractivity contribution in [2.75, 3.05) is 6.16 Å². The van der Waals surface area contributed by atoms with Gasteiger partial charge in [-0.15, -0.1) is 0 Å². The van der Waals surface area contributed by atoms with Crippen LogP contribution in [0, 0.1) is 0 Å². The van der Waals surface area contributed by atoms with Crippen LogP contribution in [0.15, 0.2) is 54.6 Å². The molecule has 0 bridgehead atoms. The molecule has 0 aliphatic heterocycles. The molecular weight excluding hydrogens is 405 g/mol. The molecular formula is C18H19K2O5P. The number of rotatable bonds is 9. The van der Waals surface area contributed by atoms with Crippen molar-refractivity contribution in [1.29, 1.82) is 0 Å². The van der Waals surface area contributed by atoms with E-state index in [1.807, 2.05) is 54.6 Å². The van der Waals surface area contributed by atoms with Crippen LogP contribution >= 0.6 is 7.60 Å². The fourth-order valence-electron chi connectivity index (χ4n) is 2.30. The Morgan fingerprint density at radius 2 is 1.46 bits per heavy atom. The molecule has 2 rings (SSSR count). The summed E-state index contributed by atoms with van der Waals surface area (Å²) in [6.07, 6.45) is 1.36. The van der Waals surface area contributed by atoms with E-state index in [0.717, 1.165) is 29.9 Å². The molecule has 0 radical (unpaired) electrons. The van der Waals surface area contributed by atoms with Gasteiger partial charge in [-0.1, -0.05) is 37.9 Å². The molecule has 0 aliphatic carbocycles. The molecule has 0 aromatic heterocycles. The molecule has 2 aromatic rings. The second-order valence-electron chi connectivity index (χ2n) is 5.57. The number of aryl methyl sites for hydroxylation is 1. The quantitative estimate of drug-likeness (QED) is 0.239. The van der Waals surface area contributed by atoms with Crippen LogP contribution in [-0.4, -0.2) is 11.9 Å². The van der Waals surface area contributed by atoms with Crippen molar-refractivity contribution in [3.63, 3.8) is 0 Å². The number of unbranched alkanes of at least 4 members (excludes halogenated alkanes) is 1. The van der Waals surface area contributed by atoms with E-state index >= 15 is 0 Å². The minimum absolute atomic E-state index is 0. The third-order valence-corrected chi connectivity index (χ3v) is 4.18. The Hall–Kier alpha value is 1.33. The third kappa shape index (κ3) is 12.0. The van der Waals surface area contributed by atoms with E-state index in [9.17, 15) is 19.1 Å². The van der Waals surface area contributed by atoms with Crippen molar-refractivity contribution in [1.82, 2.24) is 0 Å². The van der Waals surface area contributed by atoms with Gasteiger partial charge in [-0.05, 0) is 49.1 Å². The summed E-state index contributed by atoms with van der Waals surface area (Å²) >= 11 is 0. The molecule has 2 aromatic carbocycles. The van der Waals surface area contributed by atoms with Gasteiger partial charge in [-0.2, -0.15) is 0 Å². The van der Waals surface area contributed by atoms with Crippen molar-refractivity contribution < 1.29 is 127 Å². The molecule has 0 aliphatic rings. The monoisotopic (exact) mass is 424 g/mol. The summed E-state index contributed by atoms with van der Waals surface area (Å²) < 4.78 is 16.2. The van der Waals surface area contributed by atoms with E-state index in [1.54, 1.807) is 0 Å². The normalized spacial score (nSPS) is 10.4. The molecule has 5 nitrogen and oxygen atoms in total. The largest absolute Gasteiger partial charge is 1.00 e. The third-order valence-electron chi connectivity index (χ3n) is 3.44. The summed E-state index contributed by atoms with van der Waals surface area (Å²) in [5.74, 6) is 1.02. The molecule has 0 spiro atoms. The van der Waals surface area contributed by atoms with Crippen molar-refractivity contribution in [3.8, 4) is 11.5 Å². The van der Waals surface area contributed by atoms with E-state index in [-0.39, 0.29) is 109 Å². The summed E-state index contributed by atoms with van der Waals surface area (Å²) in [5, 5.41) is 0. The standard InChI is InChI=1S/C18H21O5P.2K/c19-16(14-24(20,21)22)7-5-4-6-15-10-12-18(13-11-15)23-17-8-2-1-3-9-17;;/h1-3,8-13H,4-7,14H2,(H2,20,21,22);;/q;2*+1/p-2. The molecule has 0 N–H and O–H groups in total. The molecule has 0 saturated heterocycles. The fourth-order valence-corrected chi connectivity index (χ4v) is 2.89. The van der Waals surface area contributed by atoms with E-state index < -0.39 is 19.5 Å². The predicted octanol–water partition coefficient (Wildman–Crippen LogP) is -3.32. The number of benzene rings is 2. The summed E-state index contributed by atoms with van der Waals surface area (Å²) in [4.78, 5) is 32.3. The van der Waals surface area contributed by atoms with Gasteiger partial charge in [-0.3, -0.25) is 4.79 Å². The predicted molar refractivity (Wildman–Crippen MR) is 88.0 cm³/mol. The van der Waals surface area contributed by atoms with Crippen molar-refractivity contribution in [3.05, 3.63) is 60.2 Å². The molecule has 128 valence electrons. The number of carbonyl (C=O) groups excluding carboxylic acids is 1. The van der Waals surface area contributed by atoms with Gasteiger partial charge in [0, 0.05) is 12.6 Å². The first-order valence-corrected chi connectivity index (χ1v) is 9.50. The van der Waals surface area contributed by atoms with Gasteiger partial charge < -0.3 is 19.1 Å². The first-order valence-electron chi connectivity index (χ1n) is 7.77. The number of para-hydroxylation sites is 1. The van der Waals surface area contributed by atoms with Crippen LogP contribution < -0.4 is 117 Å². The van der Waals surface area contributed by atoms with E-state index in [0.29, 0.717) is 6.42 Å². The Bertz CT molecular complexity index is 701. The number of ketones is 1. The zero-order valence-corrected chi connectivity index (χ0v) is 22.4. The Kier molecular flexibility index (Phi) is 15.1. The Balaban J connectivity index is 0.00000312. The number of hydrogen-bond acceptors (Lipinski definition) is 5. The van der Waals surface area contributed by atoms with Crippen LogP contribution in [0.4, 0.5) is 0 Å². The Labute approximate surface area is 239 Å². The zero-order chi connectivity index (χ0) is 17.4. The second kappa shape index (κ2) is 14.3. The van der Waals surface area contributed by atoms with E-state index in [1.165, 1.54) is 0 Å². The summed E-state index contributed by atoms with van der Waals surface area (Å²) in [7, 11) is -4.73. The fraction of sp³-hybridized carbons (Fsp3) is 0.278. The molecule has 0 heterocycles. The Morgan fingerprint density at radius 3 is 2.04 bits per heavy atom. The van der Waals surface area contributed by atoms with Gasteiger partial charge in [0.1, 0.15) is 17.3 Å². The van der Waals surface area contributed by atoms with Crippen molar-refractivity contribution in [2.24, 2.45) is 0 Å². The van der Waals surface area contributed by atoms with Gasteiger partial charge in [0.05, 0.1) is 0 Å². The molecule has 0 unspecified atom stereocenters. The minimum Gasteiger partial charge on any atom is -0.810 e. The molecule has 26 heavy (non-hydrogen) atoms. The summed E-state index contributed by atoms with van der Waals surface area (Å²) in [6, 6.07) is 17.2. The van der Waals surface area contributed by atoms with Gasteiger partial charge >= 0.3 is 103 Å². The number of hydrogen-bond donors (Lipinski definition) is 0. The van der Waals surface area contributed by atoms with Crippen molar-refractivity contribution in [2.45, 2.75) is 25.7 Å². The van der Waals surface area contributed by atoms with E-state index in [4.69, 9.17) is 4.74 Å².